The zero-order valence-corrected chi connectivity index (χ0v) is 8.25. The van der Waals surface area contributed by atoms with Crippen LogP contribution in [-0.2, 0) is 0 Å². The summed E-state index contributed by atoms with van der Waals surface area (Å²) in [5.74, 6) is 0. The highest BCUT2D eigenvalue weighted by atomic mass is 35.5. The van der Waals surface area contributed by atoms with Crippen LogP contribution in [0.4, 0.5) is 0 Å². The summed E-state index contributed by atoms with van der Waals surface area (Å²) in [6, 6.07) is 0. The third-order valence-electron chi connectivity index (χ3n) is 1.53. The Morgan fingerprint density at radius 3 is 1.67 bits per heavy atom. The fraction of sp³-hybridized carbons (Fsp3) is 1.00. The van der Waals surface area contributed by atoms with E-state index in [9.17, 15) is 0 Å². The highest BCUT2D eigenvalue weighted by Gasteiger charge is 2.42. The van der Waals surface area contributed by atoms with Gasteiger partial charge in [0.05, 0.1) is 13.2 Å². The van der Waals surface area contributed by atoms with Gasteiger partial charge in [0.1, 0.15) is 0 Å². The van der Waals surface area contributed by atoms with Gasteiger partial charge in [0.25, 0.3) is 0 Å². The fourth-order valence-electron chi connectivity index (χ4n) is 0.635. The molecule has 5 nitrogen and oxygen atoms in total. The van der Waals surface area contributed by atoms with E-state index in [2.05, 4.69) is 0 Å². The maximum Gasteiger partial charge on any atom is 0.180 e. The van der Waals surface area contributed by atoms with Crippen molar-refractivity contribution in [2.75, 3.05) is 32.2 Å². The second-order valence-electron chi connectivity index (χ2n) is 2.30. The third-order valence-corrected chi connectivity index (χ3v) is 5.37. The molecule has 0 aliphatic heterocycles. The molecule has 0 heterocycles. The van der Waals surface area contributed by atoms with Gasteiger partial charge in [0.2, 0.25) is 0 Å². The smallest absolute Gasteiger partial charge is 0.180 e. The number of aliphatic hydroxyl groups excluding tert-OH is 4. The minimum atomic E-state index is -2.44. The molecule has 0 atom stereocenters. The summed E-state index contributed by atoms with van der Waals surface area (Å²) in [7, 11) is -2.44. The molecule has 74 valence electrons. The van der Waals surface area contributed by atoms with E-state index in [0.717, 1.165) is 4.19 Å². The summed E-state index contributed by atoms with van der Waals surface area (Å²) in [5.41, 5.74) is 0. The van der Waals surface area contributed by atoms with E-state index < -0.39 is 7.41 Å². The van der Waals surface area contributed by atoms with Crippen LogP contribution < -0.4 is 0 Å². The average molecular weight is 219 g/mol. The molecule has 0 unspecified atom stereocenters. The third kappa shape index (κ3) is 2.78. The number of aliphatic hydroxyl groups is 4. The van der Waals surface area contributed by atoms with Gasteiger partial charge in [-0.05, 0) is 0 Å². The Labute approximate surface area is 76.7 Å². The number of nitrogens with zero attached hydrogens (tertiary/aromatic N) is 1. The first-order chi connectivity index (χ1) is 5.66. The quantitative estimate of drug-likeness (QED) is 0.347. The second kappa shape index (κ2) is 6.05. The molecule has 12 heavy (non-hydrogen) atoms. The molecule has 0 aliphatic carbocycles. The number of rotatable bonds is 6. The minimum absolute atomic E-state index is 0.122. The molecule has 0 saturated carbocycles. The van der Waals surface area contributed by atoms with E-state index in [1.54, 1.807) is 0 Å². The first-order valence-electron chi connectivity index (χ1n) is 3.40. The van der Waals surface area contributed by atoms with Gasteiger partial charge in [-0.2, -0.15) is 0 Å². The van der Waals surface area contributed by atoms with Crippen molar-refractivity contribution < 1.29 is 20.4 Å². The van der Waals surface area contributed by atoms with Crippen molar-refractivity contribution in [2.45, 2.75) is 0 Å². The van der Waals surface area contributed by atoms with Crippen molar-refractivity contribution in [1.82, 2.24) is 4.19 Å². The van der Waals surface area contributed by atoms with Gasteiger partial charge >= 0.3 is 0 Å². The van der Waals surface area contributed by atoms with Crippen LogP contribution in [0.2, 0.25) is 0 Å². The molecule has 0 aromatic carbocycles. The molecule has 4 N–H and O–H groups in total. The molecule has 0 amide bonds. The van der Waals surface area contributed by atoms with Gasteiger partial charge in [0.15, 0.2) is 26.5 Å². The van der Waals surface area contributed by atoms with Crippen molar-refractivity contribution in [1.29, 1.82) is 0 Å². The van der Waals surface area contributed by atoms with Crippen molar-refractivity contribution in [2.24, 2.45) is 0 Å². The summed E-state index contributed by atoms with van der Waals surface area (Å²) >= 11 is 5.65. The Balaban J connectivity index is 4.24. The molecular weight excluding hydrogens is 204 g/mol. The maximum absolute atomic E-state index is 8.90. The van der Waals surface area contributed by atoms with Crippen molar-refractivity contribution in [3.05, 3.63) is 0 Å². The molecule has 0 aromatic rings. The predicted octanol–water partition coefficient (Wildman–Crippen LogP) is -0.784. The summed E-state index contributed by atoms with van der Waals surface area (Å²) in [5, 5.41) is 35.2. The van der Waals surface area contributed by atoms with Gasteiger partial charge < -0.3 is 20.4 Å². The van der Waals surface area contributed by atoms with Crippen LogP contribution in [0.25, 0.3) is 0 Å². The average Bonchev–Trinajstić information content (AvgIpc) is 2.09. The van der Waals surface area contributed by atoms with Crippen LogP contribution in [0.5, 0.6) is 0 Å². The zero-order chi connectivity index (χ0) is 9.61. The standard InChI is InChI=1S/C5H14ClNO4P/c6-7(1-2-8)12(3-9,4-10)5-11/h8-11H,1-5H2/q+1. The van der Waals surface area contributed by atoms with E-state index >= 15 is 0 Å². The van der Waals surface area contributed by atoms with Crippen LogP contribution in [-0.4, -0.2) is 56.8 Å². The summed E-state index contributed by atoms with van der Waals surface area (Å²) < 4.78 is 1.12. The van der Waals surface area contributed by atoms with Gasteiger partial charge in [-0.1, -0.05) is 4.19 Å². The Hall–Kier alpha value is 0.520. The largest absolute Gasteiger partial charge is 0.395 e. The van der Waals surface area contributed by atoms with Crippen molar-refractivity contribution in [3.63, 3.8) is 0 Å². The number of hydrogen-bond acceptors (Lipinski definition) is 5. The summed E-state index contributed by atoms with van der Waals surface area (Å²) in [6.45, 7) is -0.0533. The van der Waals surface area contributed by atoms with E-state index in [1.165, 1.54) is 0 Å². The summed E-state index contributed by atoms with van der Waals surface area (Å²) in [4.78, 5) is 0. The Bertz CT molecular complexity index is 116. The molecule has 0 bridgehead atoms. The topological polar surface area (TPSA) is 84.2 Å². The molecule has 0 rings (SSSR count). The van der Waals surface area contributed by atoms with Gasteiger partial charge in [0, 0.05) is 11.8 Å². The normalized spacial score (nSPS) is 12.5. The molecule has 0 aromatic heterocycles. The van der Waals surface area contributed by atoms with E-state index in [4.69, 9.17) is 32.2 Å². The van der Waals surface area contributed by atoms with E-state index in [-0.39, 0.29) is 32.2 Å². The molecule has 7 heteroatoms. The molecule has 0 radical (unpaired) electrons. The first-order valence-corrected chi connectivity index (χ1v) is 6.03. The lowest BCUT2D eigenvalue weighted by molar-refractivity contribution is 0.268. The van der Waals surface area contributed by atoms with Crippen LogP contribution in [0.3, 0.4) is 0 Å². The lowest BCUT2D eigenvalue weighted by Crippen LogP contribution is -2.25. The SMILES string of the molecule is OCCN(Cl)[P+](CO)(CO)CO. The van der Waals surface area contributed by atoms with Gasteiger partial charge in [-0.3, -0.25) is 0 Å². The van der Waals surface area contributed by atoms with Crippen molar-refractivity contribution >= 4 is 19.2 Å². The van der Waals surface area contributed by atoms with E-state index in [0.29, 0.717) is 0 Å². The lowest BCUT2D eigenvalue weighted by Gasteiger charge is -2.25. The Morgan fingerprint density at radius 2 is 1.42 bits per heavy atom. The van der Waals surface area contributed by atoms with E-state index in [1.807, 2.05) is 0 Å². The monoisotopic (exact) mass is 218 g/mol. The first kappa shape index (κ1) is 12.5. The lowest BCUT2D eigenvalue weighted by atomic mass is 10.8. The van der Waals surface area contributed by atoms with Gasteiger partial charge in [-0.15, -0.1) is 0 Å². The predicted molar refractivity (Wildman–Crippen MR) is 47.8 cm³/mol. The van der Waals surface area contributed by atoms with Crippen LogP contribution in [0.15, 0.2) is 0 Å². The molecule has 0 aliphatic rings. The van der Waals surface area contributed by atoms with Crippen LogP contribution in [0.1, 0.15) is 0 Å². The Morgan fingerprint density at radius 1 is 1.00 bits per heavy atom. The number of hydrogen-bond donors (Lipinski definition) is 4. The van der Waals surface area contributed by atoms with Gasteiger partial charge in [-0.25, -0.2) is 0 Å². The molecule has 0 spiro atoms. The number of halogens is 1. The minimum Gasteiger partial charge on any atom is -0.395 e. The maximum atomic E-state index is 8.90. The highest BCUT2D eigenvalue weighted by Crippen LogP contribution is 2.60. The molecule has 0 saturated heterocycles. The second-order valence-corrected chi connectivity index (χ2v) is 6.47. The molecular formula is C5H14ClNO4P+. The molecule has 0 fully saturated rings. The van der Waals surface area contributed by atoms with Crippen LogP contribution >= 0.6 is 19.2 Å². The Kier molecular flexibility index (Phi) is 6.31. The zero-order valence-electron chi connectivity index (χ0n) is 6.60. The van der Waals surface area contributed by atoms with Crippen LogP contribution in [0, 0.1) is 0 Å². The van der Waals surface area contributed by atoms with Crippen molar-refractivity contribution in [3.8, 4) is 0 Å². The summed E-state index contributed by atoms with van der Waals surface area (Å²) in [6.07, 6.45) is -1.07. The highest BCUT2D eigenvalue weighted by molar-refractivity contribution is 7.74. The fourth-order valence-corrected chi connectivity index (χ4v) is 2.33.